The van der Waals surface area contributed by atoms with Gasteiger partial charge in [0.2, 0.25) is 0 Å². The van der Waals surface area contributed by atoms with Crippen molar-refractivity contribution in [2.24, 2.45) is 5.92 Å². The minimum atomic E-state index is -4.96. The van der Waals surface area contributed by atoms with Crippen LogP contribution in [0.5, 0.6) is 0 Å². The Labute approximate surface area is 607 Å². The van der Waals surface area contributed by atoms with Crippen LogP contribution in [0.25, 0.3) is 0 Å². The van der Waals surface area contributed by atoms with Crippen LogP contribution < -0.4 is 0 Å². The van der Waals surface area contributed by atoms with Crippen LogP contribution in [-0.2, 0) is 65.4 Å². The molecule has 0 aliphatic heterocycles. The maximum Gasteiger partial charge on any atom is 0.472 e. The molecular weight excluding hydrogens is 1290 g/mol. The lowest BCUT2D eigenvalue weighted by Crippen LogP contribution is -2.30. The molecule has 0 aromatic rings. The van der Waals surface area contributed by atoms with E-state index >= 15 is 0 Å². The fraction of sp³-hybridized carbons (Fsp3) is 0.950. The highest BCUT2D eigenvalue weighted by atomic mass is 31.2. The number of esters is 4. The predicted octanol–water partition coefficient (Wildman–Crippen LogP) is 24.0. The van der Waals surface area contributed by atoms with E-state index in [4.69, 9.17) is 37.0 Å². The molecule has 3 N–H and O–H groups in total. The molecule has 99 heavy (non-hydrogen) atoms. The molecule has 0 aromatic heterocycles. The van der Waals surface area contributed by atoms with Gasteiger partial charge in [-0.3, -0.25) is 37.3 Å². The van der Waals surface area contributed by atoms with E-state index < -0.39 is 97.5 Å². The van der Waals surface area contributed by atoms with E-state index in [0.717, 1.165) is 102 Å². The van der Waals surface area contributed by atoms with E-state index in [-0.39, 0.29) is 25.7 Å². The van der Waals surface area contributed by atoms with Gasteiger partial charge in [0.05, 0.1) is 26.4 Å². The van der Waals surface area contributed by atoms with Gasteiger partial charge in [0, 0.05) is 25.7 Å². The first-order valence-corrected chi connectivity index (χ1v) is 44.7. The van der Waals surface area contributed by atoms with Crippen molar-refractivity contribution in [1.29, 1.82) is 0 Å². The topological polar surface area (TPSA) is 237 Å². The summed E-state index contributed by atoms with van der Waals surface area (Å²) in [5, 5.41) is 10.6. The molecule has 17 nitrogen and oxygen atoms in total. The number of phosphoric ester groups is 2. The number of rotatable bonds is 80. The largest absolute Gasteiger partial charge is 0.472 e. The Morgan fingerprint density at radius 3 is 0.717 bits per heavy atom. The summed E-state index contributed by atoms with van der Waals surface area (Å²) in [5.74, 6) is -1.38. The average Bonchev–Trinajstić information content (AvgIpc) is 0.983. The molecule has 0 saturated heterocycles. The third-order valence-electron chi connectivity index (χ3n) is 19.1. The van der Waals surface area contributed by atoms with E-state index in [0.29, 0.717) is 25.7 Å². The number of carbonyl (C=O) groups excluding carboxylic acids is 4. The van der Waals surface area contributed by atoms with Crippen LogP contribution >= 0.6 is 15.6 Å². The van der Waals surface area contributed by atoms with E-state index in [1.807, 2.05) is 0 Å². The molecular formula is C80H156O17P2. The summed E-state index contributed by atoms with van der Waals surface area (Å²) in [5.41, 5.74) is 0. The molecule has 0 spiro atoms. The number of hydrogen-bond acceptors (Lipinski definition) is 15. The number of phosphoric acid groups is 2. The molecule has 0 aliphatic rings. The molecule has 0 bridgehead atoms. The van der Waals surface area contributed by atoms with Gasteiger partial charge in [-0.25, -0.2) is 9.13 Å². The molecule has 6 atom stereocenters. The van der Waals surface area contributed by atoms with E-state index in [1.165, 1.54) is 244 Å². The summed E-state index contributed by atoms with van der Waals surface area (Å²) in [7, 11) is -9.91. The van der Waals surface area contributed by atoms with Crippen LogP contribution in [0.1, 0.15) is 426 Å². The summed E-state index contributed by atoms with van der Waals surface area (Å²) in [6, 6.07) is 0. The SMILES string of the molecule is CCCCCCCCCCCCCCCCCCCCCCCCC(=O)O[C@H](COC(=O)CCCCCCCCCCCCCCCCCC)COP(=O)(O)OC[C@@H](O)COP(=O)(O)OC[C@@H](COC(=O)CCCCCCCCC(C)CC)OC(=O)CCCCCCCCCCCCC. The highest BCUT2D eigenvalue weighted by Crippen LogP contribution is 2.45. The molecule has 0 radical (unpaired) electrons. The molecule has 0 heterocycles. The number of hydrogen-bond donors (Lipinski definition) is 3. The van der Waals surface area contributed by atoms with Gasteiger partial charge in [-0.05, 0) is 31.6 Å². The lowest BCUT2D eigenvalue weighted by molar-refractivity contribution is -0.161. The second-order valence-electron chi connectivity index (χ2n) is 29.1. The Bertz CT molecular complexity index is 1890. The Balaban J connectivity index is 5.19. The van der Waals surface area contributed by atoms with Gasteiger partial charge < -0.3 is 33.8 Å². The summed E-state index contributed by atoms with van der Waals surface area (Å²) in [6.07, 6.45) is 64.0. The van der Waals surface area contributed by atoms with Crippen molar-refractivity contribution in [2.75, 3.05) is 39.6 Å². The number of aliphatic hydroxyl groups excluding tert-OH is 1. The maximum absolute atomic E-state index is 13.1. The summed E-state index contributed by atoms with van der Waals surface area (Å²) < 4.78 is 68.6. The average molecular weight is 1450 g/mol. The monoisotopic (exact) mass is 1450 g/mol. The molecule has 19 heteroatoms. The minimum Gasteiger partial charge on any atom is -0.462 e. The van der Waals surface area contributed by atoms with Crippen molar-refractivity contribution < 1.29 is 80.2 Å². The van der Waals surface area contributed by atoms with Gasteiger partial charge in [-0.2, -0.15) is 0 Å². The molecule has 0 aliphatic carbocycles. The third-order valence-corrected chi connectivity index (χ3v) is 21.0. The fourth-order valence-corrected chi connectivity index (χ4v) is 14.0. The van der Waals surface area contributed by atoms with Crippen LogP contribution in [0, 0.1) is 5.92 Å². The third kappa shape index (κ3) is 72.8. The van der Waals surface area contributed by atoms with Crippen LogP contribution in [0.2, 0.25) is 0 Å². The Hall–Kier alpha value is -1.94. The van der Waals surface area contributed by atoms with E-state index in [9.17, 15) is 43.2 Å². The first-order chi connectivity index (χ1) is 48.1. The lowest BCUT2D eigenvalue weighted by atomic mass is 10.00. The molecule has 588 valence electrons. The van der Waals surface area contributed by atoms with E-state index in [2.05, 4.69) is 34.6 Å². The van der Waals surface area contributed by atoms with Gasteiger partial charge in [0.25, 0.3) is 0 Å². The van der Waals surface area contributed by atoms with Gasteiger partial charge >= 0.3 is 39.5 Å². The van der Waals surface area contributed by atoms with Crippen molar-refractivity contribution in [3.8, 4) is 0 Å². The first kappa shape index (κ1) is 97.1. The lowest BCUT2D eigenvalue weighted by Gasteiger charge is -2.21. The van der Waals surface area contributed by atoms with E-state index in [1.54, 1.807) is 0 Å². The normalized spacial score (nSPS) is 14.1. The zero-order valence-electron chi connectivity index (χ0n) is 64.6. The summed E-state index contributed by atoms with van der Waals surface area (Å²) >= 11 is 0. The van der Waals surface area contributed by atoms with Gasteiger partial charge in [-0.15, -0.1) is 0 Å². The van der Waals surface area contributed by atoms with Crippen molar-refractivity contribution in [1.82, 2.24) is 0 Å². The van der Waals surface area contributed by atoms with Crippen LogP contribution in [0.3, 0.4) is 0 Å². The highest BCUT2D eigenvalue weighted by molar-refractivity contribution is 7.47. The smallest absolute Gasteiger partial charge is 0.462 e. The second-order valence-corrected chi connectivity index (χ2v) is 32.0. The summed E-state index contributed by atoms with van der Waals surface area (Å²) in [4.78, 5) is 72.9. The molecule has 0 fully saturated rings. The standard InChI is InChI=1S/C80H156O17P2/c1-6-10-13-16-19-22-25-27-29-31-32-33-34-35-36-38-40-43-46-49-56-61-66-80(85)96-75(69-90-77(82)63-58-53-47-44-42-39-37-30-28-26-23-20-17-14-11-7-2)71-94-98(86,87)92-67-74(81)68-93-99(88,89)95-72-76(70-91-78(83)64-59-54-51-50-52-57-62-73(5)9-4)97-79(84)65-60-55-48-45-41-24-21-18-15-12-8-3/h73-76,81H,6-72H2,1-5H3,(H,86,87)(H,88,89)/t73?,74-,75-,76-/m1/s1. The fourth-order valence-electron chi connectivity index (χ4n) is 12.4. The van der Waals surface area contributed by atoms with Gasteiger partial charge in [0.15, 0.2) is 12.2 Å². The summed E-state index contributed by atoms with van der Waals surface area (Å²) in [6.45, 7) is 7.27. The number of aliphatic hydroxyl groups is 1. The highest BCUT2D eigenvalue weighted by Gasteiger charge is 2.30. The minimum absolute atomic E-state index is 0.106. The van der Waals surface area contributed by atoms with Crippen molar-refractivity contribution in [3.63, 3.8) is 0 Å². The van der Waals surface area contributed by atoms with Crippen LogP contribution in [0.15, 0.2) is 0 Å². The number of unbranched alkanes of at least 4 members (excludes halogenated alkanes) is 51. The van der Waals surface area contributed by atoms with Crippen molar-refractivity contribution >= 4 is 39.5 Å². The predicted molar refractivity (Wildman–Crippen MR) is 405 cm³/mol. The van der Waals surface area contributed by atoms with Crippen molar-refractivity contribution in [3.05, 3.63) is 0 Å². The Morgan fingerprint density at radius 2 is 0.485 bits per heavy atom. The van der Waals surface area contributed by atoms with Crippen molar-refractivity contribution in [2.45, 2.75) is 445 Å². The molecule has 3 unspecified atom stereocenters. The van der Waals surface area contributed by atoms with Gasteiger partial charge in [-0.1, -0.05) is 375 Å². The van der Waals surface area contributed by atoms with Crippen LogP contribution in [-0.4, -0.2) is 96.7 Å². The molecule has 0 rings (SSSR count). The van der Waals surface area contributed by atoms with Gasteiger partial charge in [0.1, 0.15) is 19.3 Å². The number of carbonyl (C=O) groups is 4. The quantitative estimate of drug-likeness (QED) is 0.0222. The number of ether oxygens (including phenoxy) is 4. The second kappa shape index (κ2) is 73.0. The zero-order chi connectivity index (χ0) is 72.7. The first-order valence-electron chi connectivity index (χ1n) is 41.7. The molecule has 0 amide bonds. The molecule has 0 aromatic carbocycles. The zero-order valence-corrected chi connectivity index (χ0v) is 66.4. The maximum atomic E-state index is 13.1. The van der Waals surface area contributed by atoms with Crippen LogP contribution in [0.4, 0.5) is 0 Å². The molecule has 0 saturated carbocycles. The Morgan fingerprint density at radius 1 is 0.283 bits per heavy atom. The Kier molecular flexibility index (Phi) is 71.6.